The van der Waals surface area contributed by atoms with E-state index in [9.17, 15) is 0 Å². The van der Waals surface area contributed by atoms with E-state index in [4.69, 9.17) is 9.47 Å². The molecule has 0 amide bonds. The molecule has 0 spiro atoms. The molecule has 66 valence electrons. The van der Waals surface area contributed by atoms with E-state index in [1.165, 1.54) is 0 Å². The van der Waals surface area contributed by atoms with E-state index in [1.807, 2.05) is 0 Å². The van der Waals surface area contributed by atoms with Gasteiger partial charge in [0, 0.05) is 5.92 Å². The Kier molecular flexibility index (Phi) is 3.34. The van der Waals surface area contributed by atoms with Crippen LogP contribution in [0.4, 0.5) is 0 Å². The van der Waals surface area contributed by atoms with Crippen LogP contribution in [0.15, 0.2) is 0 Å². The van der Waals surface area contributed by atoms with Crippen LogP contribution in [0, 0.1) is 5.92 Å². The molecule has 0 aromatic rings. The fourth-order valence-electron chi connectivity index (χ4n) is 1.19. The number of rotatable bonds is 2. The van der Waals surface area contributed by atoms with Crippen LogP contribution < -0.4 is 0 Å². The molecule has 1 heterocycles. The van der Waals surface area contributed by atoms with Gasteiger partial charge in [0.2, 0.25) is 0 Å². The Balaban J connectivity index is 2.28. The van der Waals surface area contributed by atoms with Crippen molar-refractivity contribution in [1.82, 2.24) is 0 Å². The van der Waals surface area contributed by atoms with Crippen LogP contribution in [0.3, 0.4) is 0 Å². The molecule has 2 heteroatoms. The largest absolute Gasteiger partial charge is 0.352 e. The summed E-state index contributed by atoms with van der Waals surface area (Å²) >= 11 is 0. The lowest BCUT2D eigenvalue weighted by Crippen LogP contribution is -2.36. The lowest BCUT2D eigenvalue weighted by atomic mass is 10.1. The second-order valence-corrected chi connectivity index (χ2v) is 3.37. The lowest BCUT2D eigenvalue weighted by molar-refractivity contribution is -0.230. The average molecular weight is 158 g/mol. The minimum Gasteiger partial charge on any atom is -0.352 e. The maximum atomic E-state index is 5.62. The summed E-state index contributed by atoms with van der Waals surface area (Å²) in [6.07, 6.45) is 2.58. The minimum atomic E-state index is 0.0613. The first kappa shape index (κ1) is 9.01. The van der Waals surface area contributed by atoms with Gasteiger partial charge in [-0.1, -0.05) is 20.3 Å². The number of hydrogen-bond donors (Lipinski definition) is 0. The zero-order chi connectivity index (χ0) is 8.27. The van der Waals surface area contributed by atoms with Crippen molar-refractivity contribution < 1.29 is 9.47 Å². The molecular formula is C9H18O2. The van der Waals surface area contributed by atoms with Crippen molar-refractivity contribution in [1.29, 1.82) is 0 Å². The first-order valence-electron chi connectivity index (χ1n) is 4.51. The Morgan fingerprint density at radius 1 is 1.36 bits per heavy atom. The van der Waals surface area contributed by atoms with Gasteiger partial charge in [-0.05, 0) is 13.3 Å². The van der Waals surface area contributed by atoms with Gasteiger partial charge >= 0.3 is 0 Å². The van der Waals surface area contributed by atoms with Crippen LogP contribution in [0.5, 0.6) is 0 Å². The molecule has 1 rings (SSSR count). The summed E-state index contributed by atoms with van der Waals surface area (Å²) in [5.41, 5.74) is 0. The smallest absolute Gasteiger partial charge is 0.157 e. The van der Waals surface area contributed by atoms with Gasteiger partial charge in [-0.25, -0.2) is 0 Å². The number of ether oxygens (including phenoxy) is 2. The molecule has 0 bridgehead atoms. The van der Waals surface area contributed by atoms with Crippen LogP contribution in [-0.4, -0.2) is 19.0 Å². The van der Waals surface area contributed by atoms with Crippen molar-refractivity contribution in [2.75, 3.05) is 6.61 Å². The molecule has 0 radical (unpaired) electrons. The van der Waals surface area contributed by atoms with Gasteiger partial charge in [0.25, 0.3) is 0 Å². The van der Waals surface area contributed by atoms with Crippen LogP contribution in [0.2, 0.25) is 0 Å². The summed E-state index contributed by atoms with van der Waals surface area (Å²) in [5.74, 6) is 0.545. The van der Waals surface area contributed by atoms with E-state index in [0.29, 0.717) is 12.0 Å². The Morgan fingerprint density at radius 2 is 2.09 bits per heavy atom. The quantitative estimate of drug-likeness (QED) is 0.613. The highest BCUT2D eigenvalue weighted by Gasteiger charge is 2.24. The second kappa shape index (κ2) is 4.07. The summed E-state index contributed by atoms with van der Waals surface area (Å²) in [6, 6.07) is 0. The maximum absolute atomic E-state index is 5.62. The van der Waals surface area contributed by atoms with Crippen molar-refractivity contribution in [3.05, 3.63) is 0 Å². The summed E-state index contributed by atoms with van der Waals surface area (Å²) in [5, 5.41) is 0. The zero-order valence-corrected chi connectivity index (χ0v) is 7.67. The fraction of sp³-hybridized carbons (Fsp3) is 1.00. The maximum Gasteiger partial charge on any atom is 0.157 e. The fourth-order valence-corrected chi connectivity index (χ4v) is 1.19. The van der Waals surface area contributed by atoms with Crippen LogP contribution in [0.25, 0.3) is 0 Å². The van der Waals surface area contributed by atoms with E-state index in [1.54, 1.807) is 0 Å². The van der Waals surface area contributed by atoms with Gasteiger partial charge in [0.15, 0.2) is 6.29 Å². The summed E-state index contributed by atoms with van der Waals surface area (Å²) in [7, 11) is 0. The second-order valence-electron chi connectivity index (χ2n) is 3.37. The molecule has 1 fully saturated rings. The highest BCUT2D eigenvalue weighted by molar-refractivity contribution is 4.66. The Hall–Kier alpha value is -0.0800. The van der Waals surface area contributed by atoms with Gasteiger partial charge in [0.1, 0.15) is 0 Å². The monoisotopic (exact) mass is 158 g/mol. The van der Waals surface area contributed by atoms with Crippen LogP contribution >= 0.6 is 0 Å². The molecule has 1 aliphatic heterocycles. The highest BCUT2D eigenvalue weighted by atomic mass is 16.7. The summed E-state index contributed by atoms with van der Waals surface area (Å²) in [6.45, 7) is 7.28. The van der Waals surface area contributed by atoms with Gasteiger partial charge in [-0.15, -0.1) is 0 Å². The minimum absolute atomic E-state index is 0.0613. The lowest BCUT2D eigenvalue weighted by Gasteiger charge is -2.32. The third kappa shape index (κ3) is 2.46. The third-order valence-electron chi connectivity index (χ3n) is 2.24. The highest BCUT2D eigenvalue weighted by Crippen LogP contribution is 2.20. The predicted molar refractivity (Wildman–Crippen MR) is 44.4 cm³/mol. The van der Waals surface area contributed by atoms with Gasteiger partial charge in [-0.2, -0.15) is 0 Å². The molecule has 11 heavy (non-hydrogen) atoms. The van der Waals surface area contributed by atoms with E-state index in [-0.39, 0.29) is 6.29 Å². The van der Waals surface area contributed by atoms with Crippen LogP contribution in [0.1, 0.15) is 33.6 Å². The van der Waals surface area contributed by atoms with E-state index in [0.717, 1.165) is 19.4 Å². The SMILES string of the molecule is CCC[C@H]1OC[C@H](C)[C@H](C)O1. The standard InChI is InChI=1S/C9H18O2/c1-4-5-9-10-6-7(2)8(3)11-9/h7-9H,4-6H2,1-3H3/t7-,8-,9-/m0/s1. The van der Waals surface area contributed by atoms with Crippen molar-refractivity contribution in [3.8, 4) is 0 Å². The topological polar surface area (TPSA) is 18.5 Å². The molecular weight excluding hydrogens is 140 g/mol. The van der Waals surface area contributed by atoms with Crippen molar-refractivity contribution in [2.24, 2.45) is 5.92 Å². The number of hydrogen-bond acceptors (Lipinski definition) is 2. The molecule has 2 nitrogen and oxygen atoms in total. The van der Waals surface area contributed by atoms with Crippen molar-refractivity contribution in [3.63, 3.8) is 0 Å². The van der Waals surface area contributed by atoms with Crippen molar-refractivity contribution in [2.45, 2.75) is 46.0 Å². The molecule has 0 N–H and O–H groups in total. The average Bonchev–Trinajstić information content (AvgIpc) is 1.98. The molecule has 0 saturated carbocycles. The zero-order valence-electron chi connectivity index (χ0n) is 7.67. The molecule has 1 saturated heterocycles. The van der Waals surface area contributed by atoms with Gasteiger partial charge in [-0.3, -0.25) is 0 Å². The Morgan fingerprint density at radius 3 is 2.64 bits per heavy atom. The molecule has 0 aromatic heterocycles. The third-order valence-corrected chi connectivity index (χ3v) is 2.24. The first-order chi connectivity index (χ1) is 5.24. The van der Waals surface area contributed by atoms with Gasteiger partial charge in [0.05, 0.1) is 12.7 Å². The van der Waals surface area contributed by atoms with E-state index in [2.05, 4.69) is 20.8 Å². The van der Waals surface area contributed by atoms with Crippen molar-refractivity contribution >= 4 is 0 Å². The summed E-state index contributed by atoms with van der Waals surface area (Å²) in [4.78, 5) is 0. The van der Waals surface area contributed by atoms with E-state index < -0.39 is 0 Å². The summed E-state index contributed by atoms with van der Waals surface area (Å²) < 4.78 is 11.1. The molecule has 0 aliphatic carbocycles. The first-order valence-corrected chi connectivity index (χ1v) is 4.51. The molecule has 0 aromatic carbocycles. The molecule has 3 atom stereocenters. The Labute approximate surface area is 68.9 Å². The predicted octanol–water partition coefficient (Wildman–Crippen LogP) is 2.18. The normalized spacial score (nSPS) is 39.0. The molecule has 1 aliphatic rings. The van der Waals surface area contributed by atoms with Gasteiger partial charge < -0.3 is 9.47 Å². The Bertz CT molecular complexity index is 114. The van der Waals surface area contributed by atoms with E-state index >= 15 is 0 Å². The molecule has 0 unspecified atom stereocenters. The van der Waals surface area contributed by atoms with Crippen LogP contribution in [-0.2, 0) is 9.47 Å².